The van der Waals surface area contributed by atoms with E-state index in [0.717, 1.165) is 52.0 Å². The largest absolute Gasteiger partial charge is 0.372 e. The zero-order valence-electron chi connectivity index (χ0n) is 13.7. The van der Waals surface area contributed by atoms with Crippen LogP contribution in [0.4, 0.5) is 0 Å². The molecule has 2 N–H and O–H groups in total. The summed E-state index contributed by atoms with van der Waals surface area (Å²) in [6.07, 6.45) is 2.30. The number of aryl methyl sites for hydroxylation is 1. The Balaban J connectivity index is 1.94. The topological polar surface area (TPSA) is 62.1 Å². The predicted octanol–water partition coefficient (Wildman–Crippen LogP) is 3.72. The van der Waals surface area contributed by atoms with Crippen molar-refractivity contribution in [3.8, 4) is 0 Å². The Labute approximate surface area is 140 Å². The Hall–Kier alpha value is -2.87. The number of aromatic amines is 1. The number of nitrogens with zero attached hydrogens (tertiary/aromatic N) is 2. The number of aromatic nitrogens is 2. The van der Waals surface area contributed by atoms with Crippen molar-refractivity contribution in [3.63, 3.8) is 0 Å². The minimum Gasteiger partial charge on any atom is -0.372 e. The highest BCUT2D eigenvalue weighted by molar-refractivity contribution is 6.00. The van der Waals surface area contributed by atoms with E-state index >= 15 is 0 Å². The van der Waals surface area contributed by atoms with Crippen LogP contribution in [0.5, 0.6) is 0 Å². The molecule has 2 aliphatic rings. The monoisotopic (exact) mass is 318 g/mol. The number of dihydropyridines is 1. The third kappa shape index (κ3) is 2.07. The second-order valence-corrected chi connectivity index (χ2v) is 6.46. The number of Topliss-reactive ketones (excluding diaryl/α,β-unsaturated/α-hetero) is 1. The van der Waals surface area contributed by atoms with Crippen molar-refractivity contribution in [2.75, 3.05) is 0 Å². The lowest BCUT2D eigenvalue weighted by molar-refractivity contribution is -0.116. The van der Waals surface area contributed by atoms with Gasteiger partial charge < -0.3 is 5.32 Å². The Kier molecular flexibility index (Phi) is 3.27. The summed E-state index contributed by atoms with van der Waals surface area (Å²) in [7, 11) is 0. The second kappa shape index (κ2) is 5.34. The van der Waals surface area contributed by atoms with Gasteiger partial charge in [-0.05, 0) is 44.4 Å². The van der Waals surface area contributed by atoms with E-state index in [0.29, 0.717) is 12.1 Å². The van der Waals surface area contributed by atoms with E-state index in [4.69, 9.17) is 6.57 Å². The van der Waals surface area contributed by atoms with Gasteiger partial charge in [0.2, 0.25) is 0 Å². The van der Waals surface area contributed by atoms with Crippen LogP contribution in [-0.4, -0.2) is 16.0 Å². The van der Waals surface area contributed by atoms with Crippen LogP contribution in [-0.2, 0) is 4.79 Å². The summed E-state index contributed by atoms with van der Waals surface area (Å²) in [5.41, 5.74) is 6.12. The van der Waals surface area contributed by atoms with Crippen molar-refractivity contribution in [2.45, 2.75) is 39.0 Å². The van der Waals surface area contributed by atoms with Crippen molar-refractivity contribution in [1.29, 1.82) is 0 Å². The summed E-state index contributed by atoms with van der Waals surface area (Å²) < 4.78 is 0. The first-order valence-electron chi connectivity index (χ1n) is 8.16. The fraction of sp³-hybridized carbons (Fsp3) is 0.316. The number of nitrogens with one attached hydrogen (secondary N) is 2. The predicted molar refractivity (Wildman–Crippen MR) is 91.9 cm³/mol. The molecule has 5 heteroatoms. The average molecular weight is 318 g/mol. The number of ketones is 1. The average Bonchev–Trinajstić information content (AvgIpc) is 2.94. The lowest BCUT2D eigenvalue weighted by Gasteiger charge is -2.32. The lowest BCUT2D eigenvalue weighted by atomic mass is 9.77. The molecule has 4 rings (SSSR count). The third-order valence-corrected chi connectivity index (χ3v) is 4.97. The summed E-state index contributed by atoms with van der Waals surface area (Å²) in [4.78, 5) is 16.4. The number of rotatable bonds is 1. The number of allylic oxidation sites excluding steroid dienone is 3. The normalized spacial score (nSPS) is 20.9. The van der Waals surface area contributed by atoms with Gasteiger partial charge in [0, 0.05) is 28.8 Å². The molecule has 2 heterocycles. The molecular formula is C19H18N4O. The van der Waals surface area contributed by atoms with E-state index in [9.17, 15) is 4.79 Å². The summed E-state index contributed by atoms with van der Waals surface area (Å²) in [5, 5.41) is 11.6. The molecule has 1 aromatic carbocycles. The van der Waals surface area contributed by atoms with Gasteiger partial charge in [-0.15, -0.1) is 0 Å². The molecule has 120 valence electrons. The van der Waals surface area contributed by atoms with Crippen molar-refractivity contribution >= 4 is 16.7 Å². The number of hydrogen-bond acceptors (Lipinski definition) is 3. The molecule has 1 aromatic heterocycles. The molecule has 1 unspecified atom stereocenters. The third-order valence-electron chi connectivity index (χ3n) is 4.97. The standard InChI is InChI=1S/C19H18N4O/c1-10-13-9-12(7-8-14(13)23-22-10)17-18-15(5-4-6-16(18)24)21-11(2)19(17)20-3/h7-9,17,21H,4-6H2,1-2H3,(H,22,23). The van der Waals surface area contributed by atoms with Gasteiger partial charge in [-0.3, -0.25) is 9.89 Å². The molecule has 1 aliphatic carbocycles. The number of hydrogen-bond donors (Lipinski definition) is 2. The molecule has 0 bridgehead atoms. The second-order valence-electron chi connectivity index (χ2n) is 6.46. The Morgan fingerprint density at radius 2 is 2.12 bits per heavy atom. The van der Waals surface area contributed by atoms with Crippen LogP contribution in [0.2, 0.25) is 0 Å². The van der Waals surface area contributed by atoms with Crippen LogP contribution in [0.1, 0.15) is 43.4 Å². The molecule has 5 nitrogen and oxygen atoms in total. The van der Waals surface area contributed by atoms with E-state index in [2.05, 4.69) is 26.4 Å². The van der Waals surface area contributed by atoms with Gasteiger partial charge in [0.25, 0.3) is 0 Å². The van der Waals surface area contributed by atoms with Crippen molar-refractivity contribution in [2.24, 2.45) is 0 Å². The fourth-order valence-electron chi connectivity index (χ4n) is 3.79. The molecule has 1 atom stereocenters. The van der Waals surface area contributed by atoms with Gasteiger partial charge in [-0.1, -0.05) is 6.07 Å². The fourth-order valence-corrected chi connectivity index (χ4v) is 3.79. The van der Waals surface area contributed by atoms with Gasteiger partial charge in [0.1, 0.15) is 0 Å². The first-order valence-corrected chi connectivity index (χ1v) is 8.16. The SMILES string of the molecule is [C-]#[N+]C1=C(C)NC2=C(C(=O)CCC2)C1c1ccc2[nH]nc(C)c2c1. The summed E-state index contributed by atoms with van der Waals surface area (Å²) >= 11 is 0. The Morgan fingerprint density at radius 3 is 2.92 bits per heavy atom. The highest BCUT2D eigenvalue weighted by Gasteiger charge is 2.36. The van der Waals surface area contributed by atoms with E-state index < -0.39 is 0 Å². The van der Waals surface area contributed by atoms with Crippen LogP contribution in [0.25, 0.3) is 15.7 Å². The summed E-state index contributed by atoms with van der Waals surface area (Å²) in [5.74, 6) is -0.114. The first kappa shape index (κ1) is 14.7. The maximum Gasteiger partial charge on any atom is 0.195 e. The van der Waals surface area contributed by atoms with E-state index in [1.165, 1.54) is 0 Å². The highest BCUT2D eigenvalue weighted by atomic mass is 16.1. The Bertz CT molecular complexity index is 971. The zero-order chi connectivity index (χ0) is 16.8. The molecule has 2 aromatic rings. The number of carbonyl (C=O) groups excluding carboxylic acids is 1. The van der Waals surface area contributed by atoms with Crippen molar-refractivity contribution in [3.05, 3.63) is 63.5 Å². The molecule has 24 heavy (non-hydrogen) atoms. The van der Waals surface area contributed by atoms with Crippen LogP contribution in [0.15, 0.2) is 40.9 Å². The van der Waals surface area contributed by atoms with E-state index in [1.54, 1.807) is 0 Å². The Morgan fingerprint density at radius 1 is 1.29 bits per heavy atom. The van der Waals surface area contributed by atoms with E-state index in [-0.39, 0.29) is 11.7 Å². The van der Waals surface area contributed by atoms with Gasteiger partial charge in [0.15, 0.2) is 11.5 Å². The molecule has 0 amide bonds. The maximum absolute atomic E-state index is 12.6. The zero-order valence-corrected chi connectivity index (χ0v) is 13.7. The molecule has 0 saturated heterocycles. The quantitative estimate of drug-likeness (QED) is 0.788. The lowest BCUT2D eigenvalue weighted by Crippen LogP contribution is -2.30. The molecule has 1 aliphatic heterocycles. The van der Waals surface area contributed by atoms with Gasteiger partial charge in [-0.25, -0.2) is 4.85 Å². The minimum atomic E-state index is -0.273. The molecule has 0 fully saturated rings. The number of benzene rings is 1. The highest BCUT2D eigenvalue weighted by Crippen LogP contribution is 2.43. The van der Waals surface area contributed by atoms with Crippen LogP contribution in [0, 0.1) is 13.5 Å². The summed E-state index contributed by atoms with van der Waals surface area (Å²) in [6.45, 7) is 11.5. The number of H-pyrrole nitrogens is 1. The molecule has 0 spiro atoms. The minimum absolute atomic E-state index is 0.159. The number of carbonyl (C=O) groups is 1. The molecule has 0 saturated carbocycles. The van der Waals surface area contributed by atoms with Gasteiger partial charge >= 0.3 is 0 Å². The molecular weight excluding hydrogens is 300 g/mol. The maximum atomic E-state index is 12.6. The first-order chi connectivity index (χ1) is 11.6. The van der Waals surface area contributed by atoms with Crippen LogP contribution in [0.3, 0.4) is 0 Å². The molecule has 0 radical (unpaired) electrons. The van der Waals surface area contributed by atoms with Crippen molar-refractivity contribution < 1.29 is 4.79 Å². The number of fused-ring (bicyclic) bond motifs is 1. The van der Waals surface area contributed by atoms with Crippen LogP contribution >= 0.6 is 0 Å². The van der Waals surface area contributed by atoms with Crippen LogP contribution < -0.4 is 5.32 Å². The van der Waals surface area contributed by atoms with Gasteiger partial charge in [0.05, 0.1) is 23.7 Å². The summed E-state index contributed by atoms with van der Waals surface area (Å²) in [6, 6.07) is 6.05. The van der Waals surface area contributed by atoms with E-state index in [1.807, 2.05) is 26.0 Å². The van der Waals surface area contributed by atoms with Gasteiger partial charge in [-0.2, -0.15) is 5.10 Å². The van der Waals surface area contributed by atoms with Crippen molar-refractivity contribution in [1.82, 2.24) is 15.5 Å². The smallest absolute Gasteiger partial charge is 0.195 e.